The first kappa shape index (κ1) is 14.7. The van der Waals surface area contributed by atoms with Crippen LogP contribution in [0.1, 0.15) is 37.3 Å². The minimum Gasteiger partial charge on any atom is -0.497 e. The standard InChI is InChI=1S/C16H22N2O2/c1-19-13-7-8-14(16(11-13)20-2)15(12-17)18-9-5-3-4-6-10-18/h7-8,11,15H,3-6,9-10H2,1-2H3. The second-order valence-corrected chi connectivity index (χ2v) is 5.09. The minimum absolute atomic E-state index is 0.242. The number of benzene rings is 1. The third-order valence-corrected chi connectivity index (χ3v) is 3.86. The topological polar surface area (TPSA) is 45.5 Å². The first-order valence-electron chi connectivity index (χ1n) is 7.15. The number of hydrogen-bond acceptors (Lipinski definition) is 4. The number of nitriles is 1. The highest BCUT2D eigenvalue weighted by Crippen LogP contribution is 2.33. The van der Waals surface area contributed by atoms with Gasteiger partial charge >= 0.3 is 0 Å². The Morgan fingerprint density at radius 3 is 2.35 bits per heavy atom. The summed E-state index contributed by atoms with van der Waals surface area (Å²) in [5, 5.41) is 9.59. The number of hydrogen-bond donors (Lipinski definition) is 0. The largest absolute Gasteiger partial charge is 0.497 e. The van der Waals surface area contributed by atoms with Crippen LogP contribution in [0.3, 0.4) is 0 Å². The van der Waals surface area contributed by atoms with E-state index in [1.807, 2.05) is 18.2 Å². The van der Waals surface area contributed by atoms with E-state index >= 15 is 0 Å². The van der Waals surface area contributed by atoms with Gasteiger partial charge in [-0.1, -0.05) is 12.8 Å². The van der Waals surface area contributed by atoms with Crippen molar-refractivity contribution < 1.29 is 9.47 Å². The molecule has 1 aromatic carbocycles. The Morgan fingerprint density at radius 2 is 1.80 bits per heavy atom. The molecule has 0 aromatic heterocycles. The van der Waals surface area contributed by atoms with Crippen molar-refractivity contribution in [3.05, 3.63) is 23.8 Å². The predicted molar refractivity (Wildman–Crippen MR) is 77.9 cm³/mol. The summed E-state index contributed by atoms with van der Waals surface area (Å²) < 4.78 is 10.6. The van der Waals surface area contributed by atoms with Crippen molar-refractivity contribution in [3.8, 4) is 17.6 Å². The van der Waals surface area contributed by atoms with Crippen LogP contribution in [0.2, 0.25) is 0 Å². The normalized spacial score (nSPS) is 17.9. The Balaban J connectivity index is 2.28. The Labute approximate surface area is 120 Å². The molecule has 0 saturated carbocycles. The van der Waals surface area contributed by atoms with Gasteiger partial charge in [0.15, 0.2) is 0 Å². The fourth-order valence-corrected chi connectivity index (χ4v) is 2.75. The maximum absolute atomic E-state index is 9.59. The van der Waals surface area contributed by atoms with Crippen molar-refractivity contribution in [1.29, 1.82) is 5.26 Å². The molecule has 20 heavy (non-hydrogen) atoms. The molecule has 0 bridgehead atoms. The summed E-state index contributed by atoms with van der Waals surface area (Å²) in [5.74, 6) is 1.47. The van der Waals surface area contributed by atoms with Crippen molar-refractivity contribution in [2.75, 3.05) is 27.3 Å². The monoisotopic (exact) mass is 274 g/mol. The van der Waals surface area contributed by atoms with Gasteiger partial charge in [-0.15, -0.1) is 0 Å². The smallest absolute Gasteiger partial charge is 0.128 e. The molecular weight excluding hydrogens is 252 g/mol. The zero-order valence-corrected chi connectivity index (χ0v) is 12.3. The van der Waals surface area contributed by atoms with Crippen LogP contribution in [0, 0.1) is 11.3 Å². The van der Waals surface area contributed by atoms with Crippen molar-refractivity contribution in [2.24, 2.45) is 0 Å². The Bertz CT molecular complexity index is 474. The predicted octanol–water partition coefficient (Wildman–Crippen LogP) is 3.14. The second-order valence-electron chi connectivity index (χ2n) is 5.09. The Hall–Kier alpha value is -1.73. The fraction of sp³-hybridized carbons (Fsp3) is 0.562. The van der Waals surface area contributed by atoms with Gasteiger partial charge < -0.3 is 9.47 Å². The number of nitrogens with zero attached hydrogens (tertiary/aromatic N) is 2. The van der Waals surface area contributed by atoms with E-state index in [1.54, 1.807) is 14.2 Å². The highest BCUT2D eigenvalue weighted by Gasteiger charge is 2.24. The number of likely N-dealkylation sites (tertiary alicyclic amines) is 1. The lowest BCUT2D eigenvalue weighted by molar-refractivity contribution is 0.241. The van der Waals surface area contributed by atoms with Crippen molar-refractivity contribution in [2.45, 2.75) is 31.7 Å². The average molecular weight is 274 g/mol. The lowest BCUT2D eigenvalue weighted by Gasteiger charge is -2.26. The summed E-state index contributed by atoms with van der Waals surface area (Å²) in [6, 6.07) is 7.87. The molecule has 0 aliphatic carbocycles. The average Bonchev–Trinajstić information content (AvgIpc) is 2.77. The molecule has 1 saturated heterocycles. The van der Waals surface area contributed by atoms with Gasteiger partial charge in [0.2, 0.25) is 0 Å². The molecule has 0 radical (unpaired) electrons. The molecule has 4 nitrogen and oxygen atoms in total. The fourth-order valence-electron chi connectivity index (χ4n) is 2.75. The molecule has 1 unspecified atom stereocenters. The van der Waals surface area contributed by atoms with Crippen LogP contribution in [0.15, 0.2) is 18.2 Å². The van der Waals surface area contributed by atoms with E-state index in [4.69, 9.17) is 9.47 Å². The van der Waals surface area contributed by atoms with Crippen LogP contribution in [-0.4, -0.2) is 32.2 Å². The SMILES string of the molecule is COc1ccc(C(C#N)N2CCCCCC2)c(OC)c1. The van der Waals surface area contributed by atoms with E-state index in [1.165, 1.54) is 12.8 Å². The molecule has 2 rings (SSSR count). The van der Waals surface area contributed by atoms with E-state index in [-0.39, 0.29) is 6.04 Å². The van der Waals surface area contributed by atoms with Gasteiger partial charge in [-0.25, -0.2) is 0 Å². The van der Waals surface area contributed by atoms with Crippen molar-refractivity contribution in [1.82, 2.24) is 4.90 Å². The van der Waals surface area contributed by atoms with Gasteiger partial charge in [0.05, 0.1) is 20.3 Å². The maximum Gasteiger partial charge on any atom is 0.128 e. The van der Waals surface area contributed by atoms with Gasteiger partial charge in [-0.05, 0) is 38.1 Å². The Kier molecular flexibility index (Phi) is 5.25. The summed E-state index contributed by atoms with van der Waals surface area (Å²) in [6.45, 7) is 1.96. The number of rotatable bonds is 4. The number of ether oxygens (including phenoxy) is 2. The van der Waals surface area contributed by atoms with Crippen LogP contribution in [0.5, 0.6) is 11.5 Å². The summed E-state index contributed by atoms with van der Waals surface area (Å²) in [4.78, 5) is 2.26. The zero-order chi connectivity index (χ0) is 14.4. The highest BCUT2D eigenvalue weighted by molar-refractivity contribution is 5.44. The molecule has 108 valence electrons. The summed E-state index contributed by atoms with van der Waals surface area (Å²) in [5.41, 5.74) is 0.928. The van der Waals surface area contributed by atoms with Crippen molar-refractivity contribution >= 4 is 0 Å². The minimum atomic E-state index is -0.242. The van der Waals surface area contributed by atoms with E-state index in [9.17, 15) is 5.26 Å². The first-order valence-corrected chi connectivity index (χ1v) is 7.15. The van der Waals surface area contributed by atoms with E-state index in [0.29, 0.717) is 0 Å². The van der Waals surface area contributed by atoms with Crippen LogP contribution < -0.4 is 9.47 Å². The third-order valence-electron chi connectivity index (χ3n) is 3.86. The lowest BCUT2D eigenvalue weighted by Crippen LogP contribution is -2.29. The molecule has 1 fully saturated rings. The lowest BCUT2D eigenvalue weighted by atomic mass is 10.0. The van der Waals surface area contributed by atoms with Crippen LogP contribution in [0.4, 0.5) is 0 Å². The molecule has 0 amide bonds. The van der Waals surface area contributed by atoms with Crippen LogP contribution >= 0.6 is 0 Å². The molecular formula is C16H22N2O2. The van der Waals surface area contributed by atoms with Crippen LogP contribution in [-0.2, 0) is 0 Å². The number of methoxy groups -OCH3 is 2. The van der Waals surface area contributed by atoms with Gasteiger partial charge in [0, 0.05) is 11.6 Å². The molecule has 1 aliphatic heterocycles. The van der Waals surface area contributed by atoms with Crippen LogP contribution in [0.25, 0.3) is 0 Å². The third kappa shape index (κ3) is 3.23. The molecule has 1 aliphatic rings. The molecule has 1 heterocycles. The molecule has 1 aromatic rings. The second kappa shape index (κ2) is 7.16. The summed E-state index contributed by atoms with van der Waals surface area (Å²) in [7, 11) is 3.26. The van der Waals surface area contributed by atoms with E-state index < -0.39 is 0 Å². The van der Waals surface area contributed by atoms with E-state index in [0.717, 1.165) is 43.0 Å². The molecule has 1 atom stereocenters. The quantitative estimate of drug-likeness (QED) is 0.846. The van der Waals surface area contributed by atoms with Gasteiger partial charge in [-0.3, -0.25) is 4.90 Å². The molecule has 0 N–H and O–H groups in total. The summed E-state index contributed by atoms with van der Waals surface area (Å²) >= 11 is 0. The Morgan fingerprint density at radius 1 is 1.10 bits per heavy atom. The van der Waals surface area contributed by atoms with Crippen molar-refractivity contribution in [3.63, 3.8) is 0 Å². The molecule has 4 heteroatoms. The highest BCUT2D eigenvalue weighted by atomic mass is 16.5. The van der Waals surface area contributed by atoms with Gasteiger partial charge in [0.25, 0.3) is 0 Å². The van der Waals surface area contributed by atoms with E-state index in [2.05, 4.69) is 11.0 Å². The molecule has 0 spiro atoms. The first-order chi connectivity index (χ1) is 9.80. The zero-order valence-electron chi connectivity index (χ0n) is 12.3. The van der Waals surface area contributed by atoms with Gasteiger partial charge in [-0.2, -0.15) is 5.26 Å². The summed E-state index contributed by atoms with van der Waals surface area (Å²) in [6.07, 6.45) is 4.84. The van der Waals surface area contributed by atoms with Gasteiger partial charge in [0.1, 0.15) is 17.5 Å². The maximum atomic E-state index is 9.59.